The highest BCUT2D eigenvalue weighted by molar-refractivity contribution is 6.15. The van der Waals surface area contributed by atoms with Gasteiger partial charge in [-0.2, -0.15) is 0 Å². The number of fused-ring (bicyclic) bond motifs is 1. The number of hydrogen-bond donors (Lipinski definition) is 1. The van der Waals surface area contributed by atoms with E-state index in [1.807, 2.05) is 0 Å². The minimum absolute atomic E-state index is 0.0249. The third-order valence-corrected chi connectivity index (χ3v) is 3.89. The second kappa shape index (κ2) is 6.65. The summed E-state index contributed by atoms with van der Waals surface area (Å²) in [6, 6.07) is 11.5. The minimum Gasteiger partial charge on any atom is -0.507 e. The first-order chi connectivity index (χ1) is 12.0. The molecule has 126 valence electrons. The summed E-state index contributed by atoms with van der Waals surface area (Å²) in [5.74, 6) is 0.0331. The maximum absolute atomic E-state index is 12.6. The predicted molar refractivity (Wildman–Crippen MR) is 95.2 cm³/mol. The van der Waals surface area contributed by atoms with Crippen molar-refractivity contribution >= 4 is 22.8 Å². The Balaban J connectivity index is 2.03. The lowest BCUT2D eigenvalue weighted by molar-refractivity contribution is 0.104. The number of phenols is 1. The molecule has 0 bridgehead atoms. The Morgan fingerprint density at radius 3 is 2.56 bits per heavy atom. The average molecular weight is 336 g/mol. The number of phenolic OH excluding ortho intramolecular Hbond substituents is 1. The molecule has 0 aliphatic carbocycles. The Morgan fingerprint density at radius 2 is 1.88 bits per heavy atom. The van der Waals surface area contributed by atoms with Crippen LogP contribution in [0.3, 0.4) is 0 Å². The monoisotopic (exact) mass is 336 g/mol. The van der Waals surface area contributed by atoms with Crippen LogP contribution in [0.4, 0.5) is 0 Å². The molecular weight excluding hydrogens is 320 g/mol. The van der Waals surface area contributed by atoms with Crippen LogP contribution in [0, 0.1) is 6.92 Å². The van der Waals surface area contributed by atoms with Gasteiger partial charge in [0.2, 0.25) is 0 Å². The van der Waals surface area contributed by atoms with Crippen LogP contribution >= 0.6 is 0 Å². The van der Waals surface area contributed by atoms with E-state index in [1.165, 1.54) is 18.2 Å². The molecule has 5 heteroatoms. The average Bonchev–Trinajstić information content (AvgIpc) is 2.59. The number of aromatic hydroxyl groups is 1. The number of ether oxygens (including phenoxy) is 1. The summed E-state index contributed by atoms with van der Waals surface area (Å²) in [6.45, 7) is 1.75. The fourth-order valence-corrected chi connectivity index (χ4v) is 2.58. The smallest absolute Gasteiger partial charge is 0.336 e. The molecule has 25 heavy (non-hydrogen) atoms. The Labute approximate surface area is 143 Å². The quantitative estimate of drug-likeness (QED) is 0.446. The van der Waals surface area contributed by atoms with Gasteiger partial charge >= 0.3 is 5.63 Å². The molecule has 0 atom stereocenters. The van der Waals surface area contributed by atoms with E-state index in [9.17, 15) is 14.7 Å². The number of benzene rings is 2. The zero-order valence-corrected chi connectivity index (χ0v) is 13.8. The number of rotatable bonds is 4. The van der Waals surface area contributed by atoms with Crippen LogP contribution in [0.1, 0.15) is 21.5 Å². The van der Waals surface area contributed by atoms with E-state index < -0.39 is 11.4 Å². The summed E-state index contributed by atoms with van der Waals surface area (Å²) in [6.07, 6.45) is 2.95. The number of hydrogen-bond acceptors (Lipinski definition) is 5. The zero-order valence-electron chi connectivity index (χ0n) is 13.8. The van der Waals surface area contributed by atoms with Crippen molar-refractivity contribution < 1.29 is 19.1 Å². The minimum atomic E-state index is -0.566. The normalized spacial score (nSPS) is 11.1. The van der Waals surface area contributed by atoms with Gasteiger partial charge in [0.25, 0.3) is 0 Å². The van der Waals surface area contributed by atoms with Crippen molar-refractivity contribution in [1.29, 1.82) is 0 Å². The number of ketones is 1. The predicted octanol–water partition coefficient (Wildman–Crippen LogP) is 3.71. The number of allylic oxidation sites excluding steroid dienone is 1. The van der Waals surface area contributed by atoms with Crippen LogP contribution in [0.15, 0.2) is 57.8 Å². The van der Waals surface area contributed by atoms with Gasteiger partial charge in [-0.3, -0.25) is 4.79 Å². The van der Waals surface area contributed by atoms with Gasteiger partial charge in [-0.15, -0.1) is 0 Å². The van der Waals surface area contributed by atoms with Crippen LogP contribution in [0.2, 0.25) is 0 Å². The lowest BCUT2D eigenvalue weighted by atomic mass is 10.0. The Hall–Kier alpha value is -3.34. The number of carbonyl (C=O) groups is 1. The van der Waals surface area contributed by atoms with Gasteiger partial charge in [0.05, 0.1) is 7.11 Å². The van der Waals surface area contributed by atoms with Crippen LogP contribution < -0.4 is 10.4 Å². The van der Waals surface area contributed by atoms with Gasteiger partial charge in [-0.25, -0.2) is 4.79 Å². The number of aryl methyl sites for hydroxylation is 1. The maximum atomic E-state index is 12.6. The molecule has 0 saturated carbocycles. The van der Waals surface area contributed by atoms with E-state index in [1.54, 1.807) is 50.4 Å². The summed E-state index contributed by atoms with van der Waals surface area (Å²) < 4.78 is 10.3. The molecule has 0 spiro atoms. The van der Waals surface area contributed by atoms with E-state index in [-0.39, 0.29) is 16.9 Å². The fourth-order valence-electron chi connectivity index (χ4n) is 2.58. The largest absolute Gasteiger partial charge is 0.507 e. The van der Waals surface area contributed by atoms with Crippen molar-refractivity contribution in [2.24, 2.45) is 0 Å². The van der Waals surface area contributed by atoms with E-state index >= 15 is 0 Å². The highest BCUT2D eigenvalue weighted by atomic mass is 16.5. The Kier molecular flexibility index (Phi) is 4.39. The summed E-state index contributed by atoms with van der Waals surface area (Å²) in [4.78, 5) is 24.2. The molecule has 1 aromatic heterocycles. The summed E-state index contributed by atoms with van der Waals surface area (Å²) in [7, 11) is 1.58. The molecule has 0 unspecified atom stereocenters. The highest BCUT2D eigenvalue weighted by Crippen LogP contribution is 2.29. The van der Waals surface area contributed by atoms with Gasteiger partial charge in [0.15, 0.2) is 11.4 Å². The summed E-state index contributed by atoms with van der Waals surface area (Å²) in [5, 5.41) is 10.7. The molecule has 3 rings (SSSR count). The standard InChI is InChI=1S/C20H16O5/c1-12-11-18(23)25-20-15(12)8-10-17(22)19(20)16(21)9-5-13-3-6-14(24-2)7-4-13/h3-11,22H,1-2H3. The first-order valence-electron chi connectivity index (χ1n) is 7.62. The molecule has 0 aliphatic heterocycles. The van der Waals surface area contributed by atoms with E-state index in [0.717, 1.165) is 5.56 Å². The molecule has 0 fully saturated rings. The van der Waals surface area contributed by atoms with Gasteiger partial charge in [0, 0.05) is 11.5 Å². The SMILES string of the molecule is COc1ccc(C=CC(=O)c2c(O)ccc3c(C)cc(=O)oc23)cc1. The topological polar surface area (TPSA) is 76.7 Å². The van der Waals surface area contributed by atoms with Crippen LogP contribution in [0.5, 0.6) is 11.5 Å². The molecule has 0 radical (unpaired) electrons. The second-order valence-electron chi connectivity index (χ2n) is 5.56. The van der Waals surface area contributed by atoms with Gasteiger partial charge in [-0.1, -0.05) is 18.2 Å². The Morgan fingerprint density at radius 1 is 1.16 bits per heavy atom. The third kappa shape index (κ3) is 3.30. The third-order valence-electron chi connectivity index (χ3n) is 3.89. The van der Waals surface area contributed by atoms with Crippen molar-refractivity contribution in [3.63, 3.8) is 0 Å². The first kappa shape index (κ1) is 16.5. The van der Waals surface area contributed by atoms with Gasteiger partial charge in [0.1, 0.15) is 17.1 Å². The van der Waals surface area contributed by atoms with Crippen molar-refractivity contribution in [2.45, 2.75) is 6.92 Å². The molecule has 5 nitrogen and oxygen atoms in total. The van der Waals surface area contributed by atoms with Crippen molar-refractivity contribution in [2.75, 3.05) is 7.11 Å². The highest BCUT2D eigenvalue weighted by Gasteiger charge is 2.17. The van der Waals surface area contributed by atoms with E-state index in [0.29, 0.717) is 16.7 Å². The van der Waals surface area contributed by atoms with E-state index in [2.05, 4.69) is 0 Å². The van der Waals surface area contributed by atoms with Gasteiger partial charge in [-0.05, 0) is 48.4 Å². The van der Waals surface area contributed by atoms with Crippen LogP contribution in [-0.4, -0.2) is 18.0 Å². The summed E-state index contributed by atoms with van der Waals surface area (Å²) in [5.41, 5.74) is 0.979. The first-order valence-corrected chi connectivity index (χ1v) is 7.62. The lowest BCUT2D eigenvalue weighted by Gasteiger charge is -2.06. The Bertz CT molecular complexity index is 1030. The maximum Gasteiger partial charge on any atom is 0.336 e. The number of carbonyl (C=O) groups excluding carboxylic acids is 1. The van der Waals surface area contributed by atoms with Crippen molar-refractivity contribution in [1.82, 2.24) is 0 Å². The molecule has 0 saturated heterocycles. The molecule has 0 aliphatic rings. The van der Waals surface area contributed by atoms with Crippen molar-refractivity contribution in [3.05, 3.63) is 75.7 Å². The molecule has 1 heterocycles. The van der Waals surface area contributed by atoms with Crippen LogP contribution in [-0.2, 0) is 0 Å². The molecular formula is C20H16O5. The fraction of sp³-hybridized carbons (Fsp3) is 0.100. The van der Waals surface area contributed by atoms with E-state index in [4.69, 9.17) is 9.15 Å². The molecule has 3 aromatic rings. The number of methoxy groups -OCH3 is 1. The summed E-state index contributed by atoms with van der Waals surface area (Å²) >= 11 is 0. The molecule has 1 N–H and O–H groups in total. The lowest BCUT2D eigenvalue weighted by Crippen LogP contribution is -2.03. The zero-order chi connectivity index (χ0) is 18.0. The molecule has 0 amide bonds. The van der Waals surface area contributed by atoms with Crippen molar-refractivity contribution in [3.8, 4) is 11.5 Å². The molecule has 2 aromatic carbocycles. The van der Waals surface area contributed by atoms with Crippen LogP contribution in [0.25, 0.3) is 17.0 Å². The van der Waals surface area contributed by atoms with Gasteiger partial charge < -0.3 is 14.3 Å². The second-order valence-corrected chi connectivity index (χ2v) is 5.56.